The van der Waals surface area contributed by atoms with Gasteiger partial charge < -0.3 is 14.4 Å². The van der Waals surface area contributed by atoms with Gasteiger partial charge in [-0.05, 0) is 30.3 Å². The van der Waals surface area contributed by atoms with E-state index < -0.39 is 9.84 Å². The predicted molar refractivity (Wildman–Crippen MR) is 148 cm³/mol. The molecule has 0 atom stereocenters. The van der Waals surface area contributed by atoms with Crippen LogP contribution in [0, 0.1) is 0 Å². The standard InChI is InChI=1S/C29H30N4O5S/c1-37-25-10-12-30-18-24(25)19-32-13-15-33(16-14-32)29(34)22-8-9-23(26(17-22)38-2)20-39(35,36)27-7-3-5-21-6-4-11-31-28(21)27/h3-12,17-18H,13-16,19-20H2,1-2H3. The molecule has 1 fully saturated rings. The summed E-state index contributed by atoms with van der Waals surface area (Å²) in [5, 5.41) is 0.756. The Balaban J connectivity index is 1.28. The highest BCUT2D eigenvalue weighted by atomic mass is 32.2. The fourth-order valence-electron chi connectivity index (χ4n) is 4.87. The van der Waals surface area contributed by atoms with E-state index in [4.69, 9.17) is 9.47 Å². The Morgan fingerprint density at radius 2 is 1.67 bits per heavy atom. The third-order valence-electron chi connectivity index (χ3n) is 6.94. The summed E-state index contributed by atoms with van der Waals surface area (Å²) >= 11 is 0. The summed E-state index contributed by atoms with van der Waals surface area (Å²) in [5.74, 6) is 0.783. The number of carbonyl (C=O) groups is 1. The molecule has 3 heterocycles. The quantitative estimate of drug-likeness (QED) is 0.331. The van der Waals surface area contributed by atoms with Crippen molar-refractivity contribution < 1.29 is 22.7 Å². The number of hydrogen-bond acceptors (Lipinski definition) is 8. The number of ether oxygens (including phenoxy) is 2. The number of nitrogens with zero attached hydrogens (tertiary/aromatic N) is 4. The molecule has 10 heteroatoms. The van der Waals surface area contributed by atoms with Crippen LogP contribution in [0.3, 0.4) is 0 Å². The summed E-state index contributed by atoms with van der Waals surface area (Å²) in [6.07, 6.45) is 5.09. The number of fused-ring (bicyclic) bond motifs is 1. The molecule has 2 aromatic carbocycles. The van der Waals surface area contributed by atoms with E-state index in [-0.39, 0.29) is 16.6 Å². The number of aromatic nitrogens is 2. The van der Waals surface area contributed by atoms with Crippen LogP contribution in [0.25, 0.3) is 10.9 Å². The van der Waals surface area contributed by atoms with Crippen LogP contribution < -0.4 is 9.47 Å². The molecular weight excluding hydrogens is 516 g/mol. The largest absolute Gasteiger partial charge is 0.496 e. The topological polar surface area (TPSA) is 102 Å². The minimum absolute atomic E-state index is 0.112. The van der Waals surface area contributed by atoms with Crippen LogP contribution >= 0.6 is 0 Å². The van der Waals surface area contributed by atoms with E-state index in [1.165, 1.54) is 7.11 Å². The van der Waals surface area contributed by atoms with Gasteiger partial charge in [0.1, 0.15) is 11.5 Å². The molecule has 5 rings (SSSR count). The maximum Gasteiger partial charge on any atom is 0.254 e. The molecule has 39 heavy (non-hydrogen) atoms. The molecule has 1 amide bonds. The van der Waals surface area contributed by atoms with Gasteiger partial charge in [0.15, 0.2) is 9.84 Å². The lowest BCUT2D eigenvalue weighted by molar-refractivity contribution is 0.0627. The SMILES string of the molecule is COc1ccncc1CN1CCN(C(=O)c2ccc(CS(=O)(=O)c3cccc4cccnc34)c(OC)c2)CC1. The Morgan fingerprint density at radius 1 is 0.897 bits per heavy atom. The first-order chi connectivity index (χ1) is 18.9. The van der Waals surface area contributed by atoms with Crippen molar-refractivity contribution in [1.29, 1.82) is 0 Å². The Bertz CT molecular complexity index is 1600. The van der Waals surface area contributed by atoms with Crippen LogP contribution in [-0.4, -0.2) is 74.5 Å². The number of methoxy groups -OCH3 is 2. The van der Waals surface area contributed by atoms with Gasteiger partial charge in [-0.2, -0.15) is 0 Å². The first kappa shape index (κ1) is 26.6. The van der Waals surface area contributed by atoms with E-state index in [2.05, 4.69) is 14.9 Å². The molecule has 2 aromatic heterocycles. The second-order valence-corrected chi connectivity index (χ2v) is 11.3. The van der Waals surface area contributed by atoms with Crippen LogP contribution in [0.2, 0.25) is 0 Å². The highest BCUT2D eigenvalue weighted by molar-refractivity contribution is 7.90. The maximum atomic E-state index is 13.4. The third-order valence-corrected chi connectivity index (χ3v) is 8.63. The van der Waals surface area contributed by atoms with Gasteiger partial charge >= 0.3 is 0 Å². The molecule has 0 spiro atoms. The van der Waals surface area contributed by atoms with Crippen LogP contribution in [0.5, 0.6) is 11.5 Å². The van der Waals surface area contributed by atoms with Crippen LogP contribution in [-0.2, 0) is 22.1 Å². The number of pyridine rings is 2. The minimum atomic E-state index is -3.72. The molecule has 0 aliphatic carbocycles. The lowest BCUT2D eigenvalue weighted by atomic mass is 10.1. The molecule has 1 aliphatic heterocycles. The lowest BCUT2D eigenvalue weighted by Crippen LogP contribution is -2.48. The van der Waals surface area contributed by atoms with Gasteiger partial charge in [-0.3, -0.25) is 19.7 Å². The van der Waals surface area contributed by atoms with Crippen molar-refractivity contribution in [3.8, 4) is 11.5 Å². The number of benzene rings is 2. The summed E-state index contributed by atoms with van der Waals surface area (Å²) in [4.78, 5) is 26.0. The Morgan fingerprint density at radius 3 is 2.44 bits per heavy atom. The zero-order chi connectivity index (χ0) is 27.4. The van der Waals surface area contributed by atoms with E-state index in [9.17, 15) is 13.2 Å². The van der Waals surface area contributed by atoms with Crippen LogP contribution in [0.1, 0.15) is 21.5 Å². The van der Waals surface area contributed by atoms with E-state index in [1.54, 1.807) is 62.1 Å². The molecule has 1 aliphatic rings. The Hall–Kier alpha value is -4.02. The van der Waals surface area contributed by atoms with Gasteiger partial charge in [0.25, 0.3) is 5.91 Å². The first-order valence-electron chi connectivity index (χ1n) is 12.6. The van der Waals surface area contributed by atoms with Crippen molar-refractivity contribution in [2.45, 2.75) is 17.2 Å². The smallest absolute Gasteiger partial charge is 0.254 e. The monoisotopic (exact) mass is 546 g/mol. The average molecular weight is 547 g/mol. The highest BCUT2D eigenvalue weighted by Crippen LogP contribution is 2.29. The van der Waals surface area contributed by atoms with E-state index >= 15 is 0 Å². The molecule has 1 saturated heterocycles. The van der Waals surface area contributed by atoms with Gasteiger partial charge in [-0.1, -0.05) is 24.3 Å². The number of piperazine rings is 1. The predicted octanol–water partition coefficient (Wildman–Crippen LogP) is 3.58. The van der Waals surface area contributed by atoms with Crippen molar-refractivity contribution in [3.05, 3.63) is 89.9 Å². The van der Waals surface area contributed by atoms with Crippen molar-refractivity contribution in [2.75, 3.05) is 40.4 Å². The molecule has 0 bridgehead atoms. The third kappa shape index (κ3) is 5.71. The highest BCUT2D eigenvalue weighted by Gasteiger charge is 2.25. The van der Waals surface area contributed by atoms with Crippen LogP contribution in [0.4, 0.5) is 0 Å². The van der Waals surface area contributed by atoms with Gasteiger partial charge in [-0.15, -0.1) is 0 Å². The molecule has 0 radical (unpaired) electrons. The number of rotatable bonds is 8. The van der Waals surface area contributed by atoms with Gasteiger partial charge in [0.2, 0.25) is 0 Å². The zero-order valence-electron chi connectivity index (χ0n) is 21.9. The first-order valence-corrected chi connectivity index (χ1v) is 14.3. The number of para-hydroxylation sites is 1. The fraction of sp³-hybridized carbons (Fsp3) is 0.276. The van der Waals surface area contributed by atoms with Gasteiger partial charge in [0.05, 0.1) is 30.4 Å². The van der Waals surface area contributed by atoms with Crippen molar-refractivity contribution >= 4 is 26.6 Å². The summed E-state index contributed by atoms with van der Waals surface area (Å²) in [7, 11) is -0.599. The Kier molecular flexibility index (Phi) is 7.76. The van der Waals surface area contributed by atoms with Gasteiger partial charge in [-0.25, -0.2) is 8.42 Å². The maximum absolute atomic E-state index is 13.4. The molecule has 202 valence electrons. The lowest BCUT2D eigenvalue weighted by Gasteiger charge is -2.35. The summed E-state index contributed by atoms with van der Waals surface area (Å²) in [6.45, 7) is 3.29. The number of carbonyl (C=O) groups excluding carboxylic acids is 1. The van der Waals surface area contributed by atoms with E-state index in [1.807, 2.05) is 23.1 Å². The molecular formula is C29H30N4O5S. The van der Waals surface area contributed by atoms with Crippen LogP contribution in [0.15, 0.2) is 78.1 Å². The number of hydrogen-bond donors (Lipinski definition) is 0. The normalized spacial score (nSPS) is 14.4. The minimum Gasteiger partial charge on any atom is -0.496 e. The van der Waals surface area contributed by atoms with Gasteiger partial charge in [0, 0.05) is 73.4 Å². The molecule has 0 N–H and O–H groups in total. The Labute approximate surface area is 227 Å². The number of sulfone groups is 1. The van der Waals surface area contributed by atoms with E-state index in [0.29, 0.717) is 42.0 Å². The number of amides is 1. The fourth-order valence-corrected chi connectivity index (χ4v) is 6.43. The van der Waals surface area contributed by atoms with Crippen molar-refractivity contribution in [2.24, 2.45) is 0 Å². The second-order valence-electron chi connectivity index (χ2n) is 9.37. The van der Waals surface area contributed by atoms with E-state index in [0.717, 1.165) is 29.8 Å². The summed E-state index contributed by atoms with van der Waals surface area (Å²) in [6, 6.07) is 15.5. The average Bonchev–Trinajstić information content (AvgIpc) is 2.97. The zero-order valence-corrected chi connectivity index (χ0v) is 22.7. The molecule has 4 aromatic rings. The summed E-state index contributed by atoms with van der Waals surface area (Å²) < 4.78 is 37.7. The molecule has 0 unspecified atom stereocenters. The van der Waals surface area contributed by atoms with Crippen molar-refractivity contribution in [3.63, 3.8) is 0 Å². The second kappa shape index (κ2) is 11.4. The summed E-state index contributed by atoms with van der Waals surface area (Å²) in [5.41, 5.74) is 2.39. The molecule has 0 saturated carbocycles. The van der Waals surface area contributed by atoms with Crippen molar-refractivity contribution in [1.82, 2.24) is 19.8 Å². The molecule has 9 nitrogen and oxygen atoms in total.